The van der Waals surface area contributed by atoms with Crippen LogP contribution in [0, 0.1) is 24.8 Å². The van der Waals surface area contributed by atoms with Crippen LogP contribution < -0.4 is 0 Å². The summed E-state index contributed by atoms with van der Waals surface area (Å²) in [7, 11) is 0. The van der Waals surface area contributed by atoms with Gasteiger partial charge in [-0.3, -0.25) is 4.79 Å². The fourth-order valence-corrected chi connectivity index (χ4v) is 6.34. The quantitative estimate of drug-likeness (QED) is 0.102. The van der Waals surface area contributed by atoms with E-state index in [2.05, 4.69) is 61.7 Å². The number of furan rings is 1. The third kappa shape index (κ3) is 7.86. The molecule has 0 bridgehead atoms. The third-order valence-electron chi connectivity index (χ3n) is 8.21. The molecule has 5 aromatic rings. The molecular weight excluding hydrogens is 723 g/mol. The number of ketones is 1. The van der Waals surface area contributed by atoms with Gasteiger partial charge in [0, 0.05) is 50.6 Å². The summed E-state index contributed by atoms with van der Waals surface area (Å²) in [5.41, 5.74) is 6.24. The molecule has 1 N–H and O–H groups in total. The zero-order chi connectivity index (χ0) is 30.5. The van der Waals surface area contributed by atoms with Gasteiger partial charge in [0.2, 0.25) is 0 Å². The number of aliphatic hydroxyl groups excluding tert-OH is 1. The Hall–Kier alpha value is -3.27. The van der Waals surface area contributed by atoms with Crippen LogP contribution >= 0.6 is 0 Å². The number of hydrogen-bond acceptors (Lipinski definition) is 4. The first-order valence-electron chi connectivity index (χ1n) is 15.9. The number of carbonyl (C=O) groups is 1. The van der Waals surface area contributed by atoms with Gasteiger partial charge in [-0.1, -0.05) is 107 Å². The molecule has 0 amide bonds. The molecule has 5 heteroatoms. The summed E-state index contributed by atoms with van der Waals surface area (Å²) < 4.78 is 6.32. The second kappa shape index (κ2) is 15.1. The van der Waals surface area contributed by atoms with Crippen molar-refractivity contribution < 1.29 is 34.4 Å². The normalized spacial score (nSPS) is 14.2. The van der Waals surface area contributed by atoms with Gasteiger partial charge in [-0.05, 0) is 58.7 Å². The fraction of sp³-hybridized carbons (Fsp3) is 0.385. The van der Waals surface area contributed by atoms with Crippen molar-refractivity contribution in [1.82, 2.24) is 4.98 Å². The minimum absolute atomic E-state index is 0. The molecule has 1 fully saturated rings. The number of benzene rings is 3. The van der Waals surface area contributed by atoms with Crippen molar-refractivity contribution in [2.45, 2.75) is 85.5 Å². The SMILES string of the molecule is CC(C)CC(=O)/C=C(\O)CC(C)C.Cc1[c-]c(-c2ncc(C3CCCCC3)c3ccccc23)c2oc3ccccc3c2c1.[Ir]. The van der Waals surface area contributed by atoms with E-state index in [-0.39, 0.29) is 31.6 Å². The zero-order valence-corrected chi connectivity index (χ0v) is 29.0. The number of allylic oxidation sites excluding steroid dienone is 2. The van der Waals surface area contributed by atoms with E-state index >= 15 is 0 Å². The molecule has 0 aliphatic heterocycles. The number of carbonyl (C=O) groups excluding carboxylic acids is 1. The van der Waals surface area contributed by atoms with Gasteiger partial charge < -0.3 is 14.5 Å². The minimum Gasteiger partial charge on any atom is -0.512 e. The zero-order valence-electron chi connectivity index (χ0n) is 26.6. The van der Waals surface area contributed by atoms with Gasteiger partial charge in [0.05, 0.1) is 11.3 Å². The second-order valence-electron chi connectivity index (χ2n) is 12.9. The number of pyridine rings is 1. The van der Waals surface area contributed by atoms with Crippen molar-refractivity contribution in [3.05, 3.63) is 89.8 Å². The van der Waals surface area contributed by atoms with E-state index in [1.165, 1.54) is 54.5 Å². The average Bonchev–Trinajstić information content (AvgIpc) is 3.34. The van der Waals surface area contributed by atoms with Crippen molar-refractivity contribution in [3.63, 3.8) is 0 Å². The summed E-state index contributed by atoms with van der Waals surface area (Å²) >= 11 is 0. The van der Waals surface area contributed by atoms with E-state index in [9.17, 15) is 9.90 Å². The molecule has 0 unspecified atom stereocenters. The Labute approximate surface area is 275 Å². The first-order chi connectivity index (χ1) is 20.7. The number of aryl methyl sites for hydroxylation is 1. The number of fused-ring (bicyclic) bond motifs is 4. The summed E-state index contributed by atoms with van der Waals surface area (Å²) in [5.74, 6) is 1.60. The van der Waals surface area contributed by atoms with Gasteiger partial charge in [0.25, 0.3) is 0 Å². The van der Waals surface area contributed by atoms with E-state index < -0.39 is 0 Å². The maximum atomic E-state index is 11.2. The molecule has 4 nitrogen and oxygen atoms in total. The van der Waals surface area contributed by atoms with E-state index in [1.807, 2.05) is 39.8 Å². The van der Waals surface area contributed by atoms with Crippen molar-refractivity contribution in [3.8, 4) is 11.3 Å². The fourth-order valence-electron chi connectivity index (χ4n) is 6.34. The Bertz CT molecular complexity index is 1760. The average molecular weight is 767 g/mol. The Morgan fingerprint density at radius 3 is 2.25 bits per heavy atom. The molecule has 0 atom stereocenters. The molecule has 3 aromatic carbocycles. The topological polar surface area (TPSA) is 63.3 Å². The van der Waals surface area contributed by atoms with Crippen molar-refractivity contribution >= 4 is 38.5 Å². The largest absolute Gasteiger partial charge is 0.512 e. The maximum Gasteiger partial charge on any atom is 0.159 e. The van der Waals surface area contributed by atoms with Gasteiger partial charge >= 0.3 is 0 Å². The predicted molar refractivity (Wildman–Crippen MR) is 178 cm³/mol. The molecule has 6 rings (SSSR count). The first kappa shape index (κ1) is 33.6. The van der Waals surface area contributed by atoms with E-state index in [1.54, 1.807) is 0 Å². The predicted octanol–water partition coefficient (Wildman–Crippen LogP) is 11.0. The maximum absolute atomic E-state index is 11.2. The van der Waals surface area contributed by atoms with Crippen molar-refractivity contribution in [1.29, 1.82) is 0 Å². The van der Waals surface area contributed by atoms with E-state index in [4.69, 9.17) is 9.40 Å². The summed E-state index contributed by atoms with van der Waals surface area (Å²) in [4.78, 5) is 16.2. The molecule has 2 aromatic heterocycles. The Kier molecular flexibility index (Phi) is 11.6. The van der Waals surface area contributed by atoms with Gasteiger partial charge in [-0.15, -0.1) is 17.7 Å². The molecule has 233 valence electrons. The number of nitrogens with zero attached hydrogens (tertiary/aromatic N) is 1. The van der Waals surface area contributed by atoms with Crippen LogP contribution in [-0.4, -0.2) is 15.9 Å². The molecule has 0 saturated heterocycles. The number of rotatable bonds is 7. The number of aromatic nitrogens is 1. The van der Waals surface area contributed by atoms with Gasteiger partial charge in [0.1, 0.15) is 5.58 Å². The molecule has 1 aliphatic carbocycles. The van der Waals surface area contributed by atoms with Crippen molar-refractivity contribution in [2.75, 3.05) is 0 Å². The number of aliphatic hydroxyl groups is 1. The van der Waals surface area contributed by atoms with Crippen LogP contribution in [0.4, 0.5) is 0 Å². The summed E-state index contributed by atoms with van der Waals surface area (Å²) in [6.07, 6.45) is 11.1. The smallest absolute Gasteiger partial charge is 0.159 e. The molecule has 1 saturated carbocycles. The van der Waals surface area contributed by atoms with Crippen LogP contribution in [0.3, 0.4) is 0 Å². The van der Waals surface area contributed by atoms with Crippen LogP contribution in [0.15, 0.2) is 77.0 Å². The Morgan fingerprint density at radius 2 is 1.57 bits per heavy atom. The van der Waals surface area contributed by atoms with Gasteiger partial charge in [-0.25, -0.2) is 0 Å². The summed E-state index contributed by atoms with van der Waals surface area (Å²) in [5, 5.41) is 14.2. The first-order valence-corrected chi connectivity index (χ1v) is 15.9. The molecule has 1 radical (unpaired) electrons. The molecule has 1 aliphatic rings. The molecule has 0 spiro atoms. The molecule has 2 heterocycles. The third-order valence-corrected chi connectivity index (χ3v) is 8.21. The summed E-state index contributed by atoms with van der Waals surface area (Å²) in [6.45, 7) is 10.1. The minimum atomic E-state index is 0. The number of hydrogen-bond donors (Lipinski definition) is 1. The number of para-hydroxylation sites is 1. The summed E-state index contributed by atoms with van der Waals surface area (Å²) in [6, 6.07) is 22.7. The Morgan fingerprint density at radius 1 is 0.932 bits per heavy atom. The monoisotopic (exact) mass is 767 g/mol. The van der Waals surface area contributed by atoms with Crippen LogP contribution in [0.1, 0.15) is 89.7 Å². The van der Waals surface area contributed by atoms with Crippen LogP contribution in [-0.2, 0) is 24.9 Å². The standard InChI is InChI=1S/C28H24NO.C11H20O2.Ir/c1-18-15-23-21-12-7-8-14-26(21)30-28(23)24(16-18)27-22-13-6-5-11-20(22)25(17-29-27)19-9-3-2-4-10-19;1-8(2)5-10(12)7-11(13)6-9(3)4;/h5-8,11-15,17,19H,2-4,9-10H2,1H3;7-9,12H,5-6H2,1-4H3;/q-1;;/b;10-7-;. The van der Waals surface area contributed by atoms with Crippen LogP contribution in [0.5, 0.6) is 0 Å². The van der Waals surface area contributed by atoms with E-state index in [0.717, 1.165) is 38.8 Å². The second-order valence-corrected chi connectivity index (χ2v) is 12.9. The van der Waals surface area contributed by atoms with Gasteiger partial charge in [0.15, 0.2) is 5.78 Å². The van der Waals surface area contributed by atoms with Crippen LogP contribution in [0.25, 0.3) is 44.0 Å². The van der Waals surface area contributed by atoms with Crippen molar-refractivity contribution in [2.24, 2.45) is 11.8 Å². The van der Waals surface area contributed by atoms with Gasteiger partial charge in [-0.2, -0.15) is 0 Å². The Balaban J connectivity index is 0.000000271. The van der Waals surface area contributed by atoms with Crippen LogP contribution in [0.2, 0.25) is 0 Å². The molecular formula is C39H44IrNO3-. The van der Waals surface area contributed by atoms with E-state index in [0.29, 0.717) is 30.6 Å². The molecule has 44 heavy (non-hydrogen) atoms.